The number of carbonyl (C=O) groups is 2. The summed E-state index contributed by atoms with van der Waals surface area (Å²) in [7, 11) is -2.77. The van der Waals surface area contributed by atoms with Crippen LogP contribution in [0.1, 0.15) is 74.4 Å². The van der Waals surface area contributed by atoms with E-state index in [0.29, 0.717) is 17.1 Å². The summed E-state index contributed by atoms with van der Waals surface area (Å²) in [5.74, 6) is 0.457. The molecule has 0 saturated carbocycles. The van der Waals surface area contributed by atoms with E-state index >= 15 is 0 Å². The number of halogens is 1. The summed E-state index contributed by atoms with van der Waals surface area (Å²) in [6.07, 6.45) is 0.587. The molecule has 0 fully saturated rings. The van der Waals surface area contributed by atoms with Crippen LogP contribution in [0.5, 0.6) is 0 Å². The number of Topliss-reactive ketones (excluding diaryl/α,β-unsaturated/α-hetero) is 1. The van der Waals surface area contributed by atoms with E-state index in [4.69, 9.17) is 11.6 Å². The van der Waals surface area contributed by atoms with E-state index < -0.39 is 16.5 Å². The fraction of sp³-hybridized carbons (Fsp3) is 0.364. The number of ketones is 1. The predicted molar refractivity (Wildman–Crippen MR) is 121 cm³/mol. The Hall–Kier alpha value is -2.51. The van der Waals surface area contributed by atoms with Crippen molar-refractivity contribution < 1.29 is 18.0 Å². The number of nitrogens with one attached hydrogen (secondary N) is 1. The second-order valence-electron chi connectivity index (χ2n) is 7.15. The van der Waals surface area contributed by atoms with Crippen LogP contribution < -0.4 is 5.32 Å². The van der Waals surface area contributed by atoms with Gasteiger partial charge in [0.2, 0.25) is 0 Å². The fourth-order valence-electron chi connectivity index (χ4n) is 2.73. The highest BCUT2D eigenvalue weighted by Crippen LogP contribution is 2.35. The van der Waals surface area contributed by atoms with Crippen molar-refractivity contribution in [1.82, 2.24) is 0 Å². The van der Waals surface area contributed by atoms with Crippen LogP contribution in [-0.4, -0.2) is 20.2 Å². The van der Waals surface area contributed by atoms with Crippen LogP contribution >= 0.6 is 11.6 Å². The third-order valence-corrected chi connectivity index (χ3v) is 4.75. The summed E-state index contributed by atoms with van der Waals surface area (Å²) < 4.78 is 23.8. The SMILES string of the molecule is CC(C)c1cc(Cl)cc(C(C)C)c1NC(=O)N=S(=O)=O.CCC(=O)c1ccccc1. The maximum atomic E-state index is 11.6. The minimum absolute atomic E-state index is 0.124. The lowest BCUT2D eigenvalue weighted by Crippen LogP contribution is -2.12. The number of hydrogen-bond donors (Lipinski definition) is 1. The van der Waals surface area contributed by atoms with Gasteiger partial charge in [0.1, 0.15) is 0 Å². The van der Waals surface area contributed by atoms with E-state index in [2.05, 4.69) is 9.68 Å². The maximum absolute atomic E-state index is 11.6. The van der Waals surface area contributed by atoms with Crippen molar-refractivity contribution in [2.24, 2.45) is 4.36 Å². The second kappa shape index (κ2) is 12.2. The number of hydrogen-bond acceptors (Lipinski definition) is 4. The molecule has 0 spiro atoms. The van der Waals surface area contributed by atoms with Gasteiger partial charge in [0, 0.05) is 22.7 Å². The molecular weight excluding hydrogens is 424 g/mol. The Morgan fingerprint density at radius 3 is 1.90 bits per heavy atom. The molecule has 1 N–H and O–H groups in total. The number of rotatable bonds is 5. The van der Waals surface area contributed by atoms with E-state index in [1.54, 1.807) is 12.1 Å². The summed E-state index contributed by atoms with van der Waals surface area (Å²) >= 11 is 6.10. The summed E-state index contributed by atoms with van der Waals surface area (Å²) in [6.45, 7) is 9.74. The molecule has 0 heterocycles. The Balaban J connectivity index is 0.000000375. The molecule has 0 saturated heterocycles. The second-order valence-corrected chi connectivity index (χ2v) is 8.20. The standard InChI is InChI=1S/C13H17ClN2O3S.C9H10O/c1-7(2)10-5-9(14)6-11(8(3)4)12(10)15-13(17)16-20(18)19;1-2-9(10)8-6-4-3-5-7-8/h5-8H,1-4H3,(H,15,17);3-7H,2H2,1H3. The Bertz CT molecular complexity index is 980. The molecule has 0 aliphatic carbocycles. The first kappa shape index (κ1) is 25.5. The Labute approximate surface area is 184 Å². The predicted octanol–water partition coefficient (Wildman–Crippen LogP) is 6.46. The zero-order valence-corrected chi connectivity index (χ0v) is 19.3. The van der Waals surface area contributed by atoms with Crippen LogP contribution in [0.2, 0.25) is 5.02 Å². The number of nitrogens with zero attached hydrogens (tertiary/aromatic N) is 1. The zero-order valence-electron chi connectivity index (χ0n) is 17.8. The quantitative estimate of drug-likeness (QED) is 0.529. The van der Waals surface area contributed by atoms with Crippen molar-refractivity contribution in [3.8, 4) is 0 Å². The molecule has 2 aromatic carbocycles. The third kappa shape index (κ3) is 8.08. The van der Waals surface area contributed by atoms with Gasteiger partial charge in [-0.1, -0.05) is 80.9 Å². The molecule has 8 heteroatoms. The molecule has 162 valence electrons. The Kier molecular flexibility index (Phi) is 10.4. The molecule has 6 nitrogen and oxygen atoms in total. The van der Waals surface area contributed by atoms with Gasteiger partial charge in [-0.3, -0.25) is 4.79 Å². The summed E-state index contributed by atoms with van der Waals surface area (Å²) in [5.41, 5.74) is 3.09. The summed E-state index contributed by atoms with van der Waals surface area (Å²) in [5, 5.41) is 3.13. The zero-order chi connectivity index (χ0) is 22.8. The maximum Gasteiger partial charge on any atom is 0.360 e. The van der Waals surface area contributed by atoms with Gasteiger partial charge >= 0.3 is 16.5 Å². The van der Waals surface area contributed by atoms with E-state index in [-0.39, 0.29) is 17.6 Å². The lowest BCUT2D eigenvalue weighted by atomic mass is 9.92. The van der Waals surface area contributed by atoms with Crippen molar-refractivity contribution in [1.29, 1.82) is 0 Å². The molecule has 0 bridgehead atoms. The molecule has 0 aliphatic rings. The Morgan fingerprint density at radius 2 is 1.50 bits per heavy atom. The summed E-state index contributed by atoms with van der Waals surface area (Å²) in [6, 6.07) is 12.0. The first-order valence-corrected chi connectivity index (χ1v) is 11.0. The van der Waals surface area contributed by atoms with Crippen LogP contribution in [0.3, 0.4) is 0 Å². The van der Waals surface area contributed by atoms with Gasteiger partial charge in [-0.2, -0.15) is 8.42 Å². The van der Waals surface area contributed by atoms with Gasteiger partial charge in [0.05, 0.1) is 0 Å². The first-order chi connectivity index (χ1) is 14.1. The highest BCUT2D eigenvalue weighted by Gasteiger charge is 2.17. The van der Waals surface area contributed by atoms with Gasteiger partial charge in [0.15, 0.2) is 5.78 Å². The van der Waals surface area contributed by atoms with Crippen molar-refractivity contribution in [3.05, 3.63) is 64.2 Å². The first-order valence-electron chi connectivity index (χ1n) is 9.60. The number of anilines is 1. The number of urea groups is 1. The molecule has 2 amide bonds. The summed E-state index contributed by atoms with van der Waals surface area (Å²) in [4.78, 5) is 22.6. The number of benzene rings is 2. The molecule has 2 aromatic rings. The van der Waals surface area contributed by atoms with Crippen molar-refractivity contribution >= 4 is 39.6 Å². The van der Waals surface area contributed by atoms with E-state index in [0.717, 1.165) is 16.7 Å². The van der Waals surface area contributed by atoms with E-state index in [1.165, 1.54) is 0 Å². The molecule has 0 unspecified atom stereocenters. The van der Waals surface area contributed by atoms with Crippen molar-refractivity contribution in [2.45, 2.75) is 52.9 Å². The van der Waals surface area contributed by atoms with Crippen molar-refractivity contribution in [2.75, 3.05) is 5.32 Å². The molecule has 0 aliphatic heterocycles. The van der Waals surface area contributed by atoms with Crippen LogP contribution in [-0.2, 0) is 10.5 Å². The monoisotopic (exact) mass is 450 g/mol. The number of carbonyl (C=O) groups excluding carboxylic acids is 2. The van der Waals surface area contributed by atoms with Crippen LogP contribution in [0.15, 0.2) is 46.8 Å². The average molecular weight is 451 g/mol. The highest BCUT2D eigenvalue weighted by molar-refractivity contribution is 7.62. The van der Waals surface area contributed by atoms with Gasteiger partial charge in [-0.15, -0.1) is 0 Å². The van der Waals surface area contributed by atoms with Gasteiger partial charge in [0.25, 0.3) is 0 Å². The molecule has 2 rings (SSSR count). The van der Waals surface area contributed by atoms with Crippen LogP contribution in [0.4, 0.5) is 10.5 Å². The number of amides is 2. The molecule has 30 heavy (non-hydrogen) atoms. The van der Waals surface area contributed by atoms with E-state index in [9.17, 15) is 18.0 Å². The van der Waals surface area contributed by atoms with Gasteiger partial charge < -0.3 is 5.32 Å². The molecular formula is C22H27ClN2O4S. The third-order valence-electron chi connectivity index (χ3n) is 4.21. The lowest BCUT2D eigenvalue weighted by molar-refractivity contribution is 0.0988. The minimum Gasteiger partial charge on any atom is -0.305 e. The average Bonchev–Trinajstić information content (AvgIpc) is 2.68. The van der Waals surface area contributed by atoms with Gasteiger partial charge in [-0.25, -0.2) is 4.79 Å². The fourth-order valence-corrected chi connectivity index (χ4v) is 3.15. The molecule has 0 aromatic heterocycles. The van der Waals surface area contributed by atoms with Crippen LogP contribution in [0, 0.1) is 0 Å². The topological polar surface area (TPSA) is 92.7 Å². The highest BCUT2D eigenvalue weighted by atomic mass is 35.5. The Morgan fingerprint density at radius 1 is 1.00 bits per heavy atom. The minimum atomic E-state index is -2.77. The van der Waals surface area contributed by atoms with E-state index in [1.807, 2.05) is 65.0 Å². The van der Waals surface area contributed by atoms with Gasteiger partial charge in [-0.05, 0) is 35.1 Å². The van der Waals surface area contributed by atoms with Crippen molar-refractivity contribution in [3.63, 3.8) is 0 Å². The molecule has 0 radical (unpaired) electrons. The lowest BCUT2D eigenvalue weighted by Gasteiger charge is -2.19. The van der Waals surface area contributed by atoms with Crippen LogP contribution in [0.25, 0.3) is 0 Å². The molecule has 0 atom stereocenters. The smallest absolute Gasteiger partial charge is 0.305 e. The largest absolute Gasteiger partial charge is 0.360 e. The normalized spacial score (nSPS) is 10.3.